The number of carbonyl (C=O) groups excluding carboxylic acids is 1. The molecule has 1 aliphatic heterocycles. The molecule has 0 unspecified atom stereocenters. The summed E-state index contributed by atoms with van der Waals surface area (Å²) in [6, 6.07) is 15.9. The van der Waals surface area contributed by atoms with Crippen LogP contribution in [0.15, 0.2) is 48.5 Å². The van der Waals surface area contributed by atoms with E-state index in [-0.39, 0.29) is 12.1 Å². The van der Waals surface area contributed by atoms with Crippen molar-refractivity contribution in [1.29, 1.82) is 0 Å². The monoisotopic (exact) mass is 296 g/mol. The van der Waals surface area contributed by atoms with E-state index in [9.17, 15) is 4.79 Å². The molecule has 0 saturated carbocycles. The van der Waals surface area contributed by atoms with E-state index in [0.717, 1.165) is 23.3 Å². The highest BCUT2D eigenvalue weighted by Gasteiger charge is 2.20. The van der Waals surface area contributed by atoms with E-state index in [0.29, 0.717) is 13.2 Å². The van der Waals surface area contributed by atoms with Gasteiger partial charge in [0, 0.05) is 6.54 Å². The van der Waals surface area contributed by atoms with Gasteiger partial charge in [-0.2, -0.15) is 0 Å². The molecule has 2 N–H and O–H groups in total. The van der Waals surface area contributed by atoms with Crippen molar-refractivity contribution in [1.82, 2.24) is 10.6 Å². The van der Waals surface area contributed by atoms with Gasteiger partial charge in [0.05, 0.1) is 6.04 Å². The van der Waals surface area contributed by atoms with Crippen molar-refractivity contribution in [3.05, 3.63) is 65.2 Å². The summed E-state index contributed by atoms with van der Waals surface area (Å²) in [5, 5.41) is 5.85. The van der Waals surface area contributed by atoms with Crippen molar-refractivity contribution in [2.75, 3.05) is 6.61 Å². The standard InChI is InChI=1S/C18H20N2O2/c1-13-6-8-14(9-7-13)11-19-18(21)20-16-10-15-4-2-3-5-17(15)22-12-16/h2-9,16H,10-12H2,1H3,(H2,19,20,21)/t16-/m0/s1. The highest BCUT2D eigenvalue weighted by atomic mass is 16.5. The van der Waals surface area contributed by atoms with Crippen LogP contribution in [0.2, 0.25) is 0 Å². The van der Waals surface area contributed by atoms with Gasteiger partial charge in [0.2, 0.25) is 0 Å². The summed E-state index contributed by atoms with van der Waals surface area (Å²) < 4.78 is 5.67. The van der Waals surface area contributed by atoms with Gasteiger partial charge in [0.25, 0.3) is 0 Å². The van der Waals surface area contributed by atoms with Crippen LogP contribution in [-0.2, 0) is 13.0 Å². The molecule has 114 valence electrons. The maximum Gasteiger partial charge on any atom is 0.315 e. The number of urea groups is 1. The van der Waals surface area contributed by atoms with Gasteiger partial charge >= 0.3 is 6.03 Å². The molecule has 0 bridgehead atoms. The van der Waals surface area contributed by atoms with E-state index >= 15 is 0 Å². The fraction of sp³-hybridized carbons (Fsp3) is 0.278. The predicted octanol–water partition coefficient (Wildman–Crippen LogP) is 2.80. The van der Waals surface area contributed by atoms with Gasteiger partial charge in [-0.1, -0.05) is 48.0 Å². The Balaban J connectivity index is 1.49. The fourth-order valence-electron chi connectivity index (χ4n) is 2.55. The number of hydrogen-bond donors (Lipinski definition) is 2. The summed E-state index contributed by atoms with van der Waals surface area (Å²) >= 11 is 0. The molecule has 4 heteroatoms. The van der Waals surface area contributed by atoms with E-state index < -0.39 is 0 Å². The number of aryl methyl sites for hydroxylation is 1. The third-order valence-electron chi connectivity index (χ3n) is 3.79. The van der Waals surface area contributed by atoms with E-state index in [1.54, 1.807) is 0 Å². The third-order valence-corrected chi connectivity index (χ3v) is 3.79. The number of ether oxygens (including phenoxy) is 1. The van der Waals surface area contributed by atoms with Crippen LogP contribution in [0.3, 0.4) is 0 Å². The summed E-state index contributed by atoms with van der Waals surface area (Å²) in [5.41, 5.74) is 3.44. The van der Waals surface area contributed by atoms with Crippen molar-refractivity contribution in [2.24, 2.45) is 0 Å². The minimum atomic E-state index is -0.159. The molecular weight excluding hydrogens is 276 g/mol. The third kappa shape index (κ3) is 3.58. The van der Waals surface area contributed by atoms with E-state index in [2.05, 4.69) is 10.6 Å². The normalized spacial score (nSPS) is 16.3. The Morgan fingerprint density at radius 3 is 2.77 bits per heavy atom. The number of fused-ring (bicyclic) bond motifs is 1. The number of carbonyl (C=O) groups is 1. The summed E-state index contributed by atoms with van der Waals surface area (Å²) in [7, 11) is 0. The molecule has 1 aliphatic rings. The number of benzene rings is 2. The lowest BCUT2D eigenvalue weighted by Gasteiger charge is -2.26. The summed E-state index contributed by atoms with van der Waals surface area (Å²) in [4.78, 5) is 12.0. The molecule has 3 rings (SSSR count). The van der Waals surface area contributed by atoms with Crippen molar-refractivity contribution < 1.29 is 9.53 Å². The van der Waals surface area contributed by atoms with Gasteiger partial charge in [-0.15, -0.1) is 0 Å². The first kappa shape index (κ1) is 14.4. The van der Waals surface area contributed by atoms with Crippen LogP contribution in [-0.4, -0.2) is 18.7 Å². The maximum atomic E-state index is 12.0. The van der Waals surface area contributed by atoms with Crippen LogP contribution in [0.25, 0.3) is 0 Å². The minimum Gasteiger partial charge on any atom is -0.491 e. The van der Waals surface area contributed by atoms with Crippen molar-refractivity contribution in [2.45, 2.75) is 25.9 Å². The zero-order valence-electron chi connectivity index (χ0n) is 12.6. The van der Waals surface area contributed by atoms with Crippen molar-refractivity contribution >= 4 is 6.03 Å². The predicted molar refractivity (Wildman–Crippen MR) is 86.0 cm³/mol. The zero-order chi connectivity index (χ0) is 15.4. The van der Waals surface area contributed by atoms with E-state index in [4.69, 9.17) is 4.74 Å². The molecule has 0 aromatic heterocycles. The lowest BCUT2D eigenvalue weighted by molar-refractivity contribution is 0.214. The van der Waals surface area contributed by atoms with Gasteiger partial charge in [-0.25, -0.2) is 4.79 Å². The van der Waals surface area contributed by atoms with Gasteiger partial charge < -0.3 is 15.4 Å². The Morgan fingerprint density at radius 2 is 1.95 bits per heavy atom. The Labute approximate surface area is 130 Å². The Hall–Kier alpha value is -2.49. The largest absolute Gasteiger partial charge is 0.491 e. The molecule has 0 spiro atoms. The van der Waals surface area contributed by atoms with Crippen molar-refractivity contribution in [3.8, 4) is 5.75 Å². The molecule has 0 fully saturated rings. The highest BCUT2D eigenvalue weighted by Crippen LogP contribution is 2.23. The second-order valence-electron chi connectivity index (χ2n) is 5.63. The molecule has 2 aromatic carbocycles. The smallest absolute Gasteiger partial charge is 0.315 e. The Bertz CT molecular complexity index is 652. The quantitative estimate of drug-likeness (QED) is 0.915. The second-order valence-corrected chi connectivity index (χ2v) is 5.63. The first-order chi connectivity index (χ1) is 10.7. The number of rotatable bonds is 3. The maximum absolute atomic E-state index is 12.0. The first-order valence-corrected chi connectivity index (χ1v) is 7.51. The van der Waals surface area contributed by atoms with Crippen LogP contribution in [0.4, 0.5) is 4.79 Å². The number of hydrogen-bond acceptors (Lipinski definition) is 2. The molecule has 0 radical (unpaired) electrons. The van der Waals surface area contributed by atoms with Gasteiger partial charge in [0.1, 0.15) is 12.4 Å². The number of amides is 2. The summed E-state index contributed by atoms with van der Waals surface area (Å²) in [6.45, 7) is 3.08. The zero-order valence-corrected chi connectivity index (χ0v) is 12.6. The van der Waals surface area contributed by atoms with Crippen LogP contribution in [0.5, 0.6) is 5.75 Å². The van der Waals surface area contributed by atoms with Gasteiger partial charge in [-0.05, 0) is 30.5 Å². The second kappa shape index (κ2) is 6.52. The number of nitrogens with one attached hydrogen (secondary N) is 2. The van der Waals surface area contributed by atoms with Crippen LogP contribution < -0.4 is 15.4 Å². The molecule has 4 nitrogen and oxygen atoms in total. The van der Waals surface area contributed by atoms with E-state index in [1.807, 2.05) is 55.5 Å². The molecule has 0 aliphatic carbocycles. The lowest BCUT2D eigenvalue weighted by atomic mass is 10.0. The Kier molecular flexibility index (Phi) is 4.28. The molecule has 0 saturated heterocycles. The average molecular weight is 296 g/mol. The Morgan fingerprint density at radius 1 is 1.18 bits per heavy atom. The number of para-hydroxylation sites is 1. The molecule has 1 atom stereocenters. The lowest BCUT2D eigenvalue weighted by Crippen LogP contribution is -2.47. The molecular formula is C18H20N2O2. The molecule has 2 amide bonds. The average Bonchev–Trinajstić information content (AvgIpc) is 2.54. The minimum absolute atomic E-state index is 0.00733. The SMILES string of the molecule is Cc1ccc(CNC(=O)N[C@@H]2COc3ccccc3C2)cc1. The highest BCUT2D eigenvalue weighted by molar-refractivity contribution is 5.74. The molecule has 1 heterocycles. The van der Waals surface area contributed by atoms with Crippen molar-refractivity contribution in [3.63, 3.8) is 0 Å². The fourth-order valence-corrected chi connectivity index (χ4v) is 2.55. The molecule has 2 aromatic rings. The van der Waals surface area contributed by atoms with E-state index in [1.165, 1.54) is 5.56 Å². The van der Waals surface area contributed by atoms with Crippen LogP contribution in [0.1, 0.15) is 16.7 Å². The topological polar surface area (TPSA) is 50.4 Å². The van der Waals surface area contributed by atoms with Crippen LogP contribution >= 0.6 is 0 Å². The molecule has 22 heavy (non-hydrogen) atoms. The summed E-state index contributed by atoms with van der Waals surface area (Å²) in [5.74, 6) is 0.917. The first-order valence-electron chi connectivity index (χ1n) is 7.51. The summed E-state index contributed by atoms with van der Waals surface area (Å²) in [6.07, 6.45) is 0.800. The van der Waals surface area contributed by atoms with Crippen LogP contribution in [0, 0.1) is 6.92 Å². The van der Waals surface area contributed by atoms with Gasteiger partial charge in [-0.3, -0.25) is 0 Å². The van der Waals surface area contributed by atoms with Gasteiger partial charge in [0.15, 0.2) is 0 Å².